The number of nitrogens with zero attached hydrogens (tertiary/aromatic N) is 4. The Kier molecular flexibility index (Phi) is 4.29. The van der Waals surface area contributed by atoms with Gasteiger partial charge >= 0.3 is 0 Å². The van der Waals surface area contributed by atoms with E-state index in [2.05, 4.69) is 26.5 Å². The van der Waals surface area contributed by atoms with Gasteiger partial charge in [-0.1, -0.05) is 50.3 Å². The lowest BCUT2D eigenvalue weighted by Crippen LogP contribution is -2.59. The first-order valence-electron chi connectivity index (χ1n) is 12.0. The lowest BCUT2D eigenvalue weighted by atomic mass is 9.60. The summed E-state index contributed by atoms with van der Waals surface area (Å²) < 4.78 is 1.56. The van der Waals surface area contributed by atoms with E-state index in [1.165, 1.54) is 0 Å². The van der Waals surface area contributed by atoms with Crippen LogP contribution in [0.2, 0.25) is 0 Å². The zero-order chi connectivity index (χ0) is 24.9. The Labute approximate surface area is 203 Å². The zero-order valence-corrected chi connectivity index (χ0v) is 20.4. The van der Waals surface area contributed by atoms with E-state index < -0.39 is 29.1 Å². The summed E-state index contributed by atoms with van der Waals surface area (Å²) in [6.07, 6.45) is 1.91. The van der Waals surface area contributed by atoms with Gasteiger partial charge in [0.2, 0.25) is 11.8 Å². The van der Waals surface area contributed by atoms with Crippen molar-refractivity contribution in [3.63, 3.8) is 0 Å². The number of allylic oxidation sites excluding steroid dienone is 1. The molecule has 0 bridgehead atoms. The number of fused-ring (bicyclic) bond motifs is 8. The van der Waals surface area contributed by atoms with Crippen LogP contribution in [0.15, 0.2) is 66.0 Å². The normalized spacial score (nSPS) is 26.9. The fourth-order valence-corrected chi connectivity index (χ4v) is 6.76. The maximum Gasteiger partial charge on any atom is 0.262 e. The Morgan fingerprint density at radius 1 is 1.14 bits per heavy atom. The SMILES string of the molecule is C=CC(C)(C)[C@]12C[C@@H]3c4nc5ccccc5c(=O)n4[C@@H](C)C(=O)N3[C@H]1N(C(C)=O)c1ccccc12. The standard InChI is InChI=1S/C28H28N4O3/c1-6-27(4,5)28-15-22-23-29-20-13-9-7-11-18(20)25(35)30(23)16(2)24(34)32(22)26(28)31(17(3)33)21-14-10-8-12-19(21)28/h6-14,16,22,26H,1,15H2,2-5H3/t16-,22+,26+,28-/m0/s1. The van der Waals surface area contributed by atoms with Crippen molar-refractivity contribution < 1.29 is 9.59 Å². The van der Waals surface area contributed by atoms with Gasteiger partial charge in [0.1, 0.15) is 18.0 Å². The Morgan fingerprint density at radius 2 is 1.83 bits per heavy atom. The molecule has 2 aromatic carbocycles. The molecule has 0 saturated carbocycles. The van der Waals surface area contributed by atoms with Gasteiger partial charge in [-0.05, 0) is 42.5 Å². The Hall–Kier alpha value is -3.74. The summed E-state index contributed by atoms with van der Waals surface area (Å²) in [4.78, 5) is 49.3. The highest BCUT2D eigenvalue weighted by Gasteiger charge is 2.69. The highest BCUT2D eigenvalue weighted by molar-refractivity contribution is 5.98. The van der Waals surface area contributed by atoms with Crippen LogP contribution in [0.4, 0.5) is 5.69 Å². The summed E-state index contributed by atoms with van der Waals surface area (Å²) in [6, 6.07) is 14.0. The van der Waals surface area contributed by atoms with Crippen molar-refractivity contribution >= 4 is 28.4 Å². The lowest BCUT2D eigenvalue weighted by Gasteiger charge is -2.46. The summed E-state index contributed by atoms with van der Waals surface area (Å²) in [6.45, 7) is 11.7. The van der Waals surface area contributed by atoms with Gasteiger partial charge in [-0.25, -0.2) is 4.98 Å². The third kappa shape index (κ3) is 2.45. The predicted molar refractivity (Wildman–Crippen MR) is 134 cm³/mol. The van der Waals surface area contributed by atoms with Crippen molar-refractivity contribution in [3.05, 3.63) is 82.9 Å². The minimum Gasteiger partial charge on any atom is -0.309 e. The molecule has 1 fully saturated rings. The maximum absolute atomic E-state index is 14.1. The van der Waals surface area contributed by atoms with Crippen molar-refractivity contribution in [2.45, 2.75) is 57.8 Å². The molecule has 7 heteroatoms. The fraction of sp³-hybridized carbons (Fsp3) is 0.357. The van der Waals surface area contributed by atoms with E-state index in [1.807, 2.05) is 47.4 Å². The topological polar surface area (TPSA) is 75.5 Å². The van der Waals surface area contributed by atoms with Gasteiger partial charge in [0.25, 0.3) is 5.56 Å². The van der Waals surface area contributed by atoms with Gasteiger partial charge in [-0.3, -0.25) is 23.9 Å². The molecular weight excluding hydrogens is 440 g/mol. The minimum atomic E-state index is -0.731. The largest absolute Gasteiger partial charge is 0.309 e. The predicted octanol–water partition coefficient (Wildman–Crippen LogP) is 4.09. The Morgan fingerprint density at radius 3 is 2.54 bits per heavy atom. The maximum atomic E-state index is 14.1. The molecule has 2 amide bonds. The van der Waals surface area contributed by atoms with E-state index in [-0.39, 0.29) is 17.4 Å². The number of benzene rings is 2. The second-order valence-corrected chi connectivity index (χ2v) is 10.5. The van der Waals surface area contributed by atoms with E-state index in [4.69, 9.17) is 4.98 Å². The van der Waals surface area contributed by atoms with Gasteiger partial charge in [0.05, 0.1) is 16.9 Å². The number of hydrogen-bond donors (Lipinski definition) is 0. The minimum absolute atomic E-state index is 0.125. The molecule has 1 aromatic heterocycles. The van der Waals surface area contributed by atoms with Crippen LogP contribution in [0, 0.1) is 5.41 Å². The van der Waals surface area contributed by atoms with Crippen molar-refractivity contribution in [1.29, 1.82) is 0 Å². The fourth-order valence-electron chi connectivity index (χ4n) is 6.76. The second kappa shape index (κ2) is 6.90. The van der Waals surface area contributed by atoms with Crippen LogP contribution in [-0.4, -0.2) is 32.4 Å². The molecular formula is C28H28N4O3. The molecule has 0 aliphatic carbocycles. The number of carbonyl (C=O) groups excluding carboxylic acids is 2. The zero-order valence-electron chi connectivity index (χ0n) is 20.4. The number of hydrogen-bond acceptors (Lipinski definition) is 4. The van der Waals surface area contributed by atoms with Gasteiger partial charge in [0.15, 0.2) is 0 Å². The highest BCUT2D eigenvalue weighted by atomic mass is 16.2. The molecule has 4 heterocycles. The molecule has 6 rings (SSSR count). The third-order valence-corrected chi connectivity index (χ3v) is 8.58. The molecule has 7 nitrogen and oxygen atoms in total. The number of anilines is 1. The van der Waals surface area contributed by atoms with Crippen LogP contribution in [0.25, 0.3) is 10.9 Å². The molecule has 0 spiro atoms. The molecule has 0 radical (unpaired) electrons. The van der Waals surface area contributed by atoms with Crippen molar-refractivity contribution in [2.24, 2.45) is 5.41 Å². The number of rotatable bonds is 2. The molecule has 0 N–H and O–H groups in total. The van der Waals surface area contributed by atoms with Crippen LogP contribution >= 0.6 is 0 Å². The molecule has 3 aromatic rings. The first-order chi connectivity index (χ1) is 16.7. The number of para-hydroxylation sites is 2. The summed E-state index contributed by atoms with van der Waals surface area (Å²) >= 11 is 0. The molecule has 3 aliphatic rings. The van der Waals surface area contributed by atoms with E-state index in [0.29, 0.717) is 23.1 Å². The van der Waals surface area contributed by atoms with Crippen LogP contribution in [0.5, 0.6) is 0 Å². The first-order valence-corrected chi connectivity index (χ1v) is 12.0. The molecule has 35 heavy (non-hydrogen) atoms. The van der Waals surface area contributed by atoms with E-state index >= 15 is 0 Å². The van der Waals surface area contributed by atoms with Gasteiger partial charge < -0.3 is 4.90 Å². The highest BCUT2D eigenvalue weighted by Crippen LogP contribution is 2.65. The van der Waals surface area contributed by atoms with Crippen molar-refractivity contribution in [1.82, 2.24) is 14.5 Å². The Balaban J connectivity index is 1.69. The van der Waals surface area contributed by atoms with E-state index in [0.717, 1.165) is 11.3 Å². The van der Waals surface area contributed by atoms with Crippen LogP contribution in [0.3, 0.4) is 0 Å². The third-order valence-electron chi connectivity index (χ3n) is 8.58. The van der Waals surface area contributed by atoms with E-state index in [1.54, 1.807) is 29.4 Å². The number of amides is 2. The second-order valence-electron chi connectivity index (χ2n) is 10.5. The van der Waals surface area contributed by atoms with Gasteiger partial charge in [0, 0.05) is 18.0 Å². The molecule has 1 saturated heterocycles. The summed E-state index contributed by atoms with van der Waals surface area (Å²) in [7, 11) is 0. The molecule has 4 atom stereocenters. The lowest BCUT2D eigenvalue weighted by molar-refractivity contribution is -0.141. The number of carbonyl (C=O) groups is 2. The van der Waals surface area contributed by atoms with Crippen LogP contribution in [-0.2, 0) is 15.0 Å². The summed E-state index contributed by atoms with van der Waals surface area (Å²) in [5, 5.41) is 0.499. The summed E-state index contributed by atoms with van der Waals surface area (Å²) in [5.41, 5.74) is 1.17. The quantitative estimate of drug-likeness (QED) is 0.531. The smallest absolute Gasteiger partial charge is 0.262 e. The molecule has 178 valence electrons. The molecule has 3 aliphatic heterocycles. The van der Waals surface area contributed by atoms with Crippen molar-refractivity contribution in [3.8, 4) is 0 Å². The van der Waals surface area contributed by atoms with Crippen LogP contribution in [0.1, 0.15) is 57.6 Å². The first kappa shape index (κ1) is 21.8. The summed E-state index contributed by atoms with van der Waals surface area (Å²) in [5.74, 6) is 0.280. The molecule has 0 unspecified atom stereocenters. The van der Waals surface area contributed by atoms with Gasteiger partial charge in [-0.15, -0.1) is 6.58 Å². The van der Waals surface area contributed by atoms with E-state index in [9.17, 15) is 14.4 Å². The van der Waals surface area contributed by atoms with Gasteiger partial charge in [-0.2, -0.15) is 0 Å². The average Bonchev–Trinajstić information content (AvgIpc) is 3.34. The average molecular weight is 469 g/mol. The van der Waals surface area contributed by atoms with Crippen molar-refractivity contribution in [2.75, 3.05) is 4.90 Å². The van der Waals surface area contributed by atoms with Crippen LogP contribution < -0.4 is 10.5 Å². The Bertz CT molecular complexity index is 1510. The monoisotopic (exact) mass is 468 g/mol. The number of aromatic nitrogens is 2.